The molecule has 0 radical (unpaired) electrons. The third-order valence-corrected chi connectivity index (χ3v) is 9.62. The highest BCUT2D eigenvalue weighted by molar-refractivity contribution is 7.82. The van der Waals surface area contributed by atoms with Crippen LogP contribution < -0.4 is 0 Å². The third-order valence-electron chi connectivity index (χ3n) is 4.80. The first-order valence-corrected chi connectivity index (χ1v) is 16.8. The van der Waals surface area contributed by atoms with Crippen molar-refractivity contribution in [1.82, 2.24) is 14.7 Å². The molecule has 3 unspecified atom stereocenters. The molecule has 1 heterocycles. The molecule has 3 atom stereocenters. The molecular formula is C20H36N3O4PS3Si. The largest absolute Gasteiger partial charge is 0.469 e. The van der Waals surface area contributed by atoms with E-state index in [-0.39, 0.29) is 23.1 Å². The van der Waals surface area contributed by atoms with E-state index in [1.165, 1.54) is 0 Å². The zero-order valence-corrected chi connectivity index (χ0v) is 23.3. The number of hydrogen-bond acceptors (Lipinski definition) is 8. The predicted molar refractivity (Wildman–Crippen MR) is 145 cm³/mol. The summed E-state index contributed by atoms with van der Waals surface area (Å²) < 4.78 is 15.2. The van der Waals surface area contributed by atoms with Gasteiger partial charge in [-0.25, -0.2) is 9.46 Å². The minimum atomic E-state index is -4.44. The summed E-state index contributed by atoms with van der Waals surface area (Å²) >= 11 is 14.4. The Balaban J connectivity index is 2.82. The molecule has 0 aromatic rings. The number of phosphoric acid groups is 1. The molecule has 2 N–H and O–H groups in total. The van der Waals surface area contributed by atoms with Gasteiger partial charge in [0.1, 0.15) is 16.5 Å². The SMILES string of the molecule is C=CCN1C(S)N(CC#CC[Si](C)(C)CC=C)C(S)N(C/C=C/CCOP(=O)(O)O)C1S. The second-order valence-electron chi connectivity index (χ2n) is 8.17. The minimum Gasteiger partial charge on any atom is -0.303 e. The van der Waals surface area contributed by atoms with Crippen LogP contribution in [0.25, 0.3) is 0 Å². The Morgan fingerprint density at radius 2 is 1.59 bits per heavy atom. The summed E-state index contributed by atoms with van der Waals surface area (Å²) in [4.78, 5) is 23.7. The molecule has 7 nitrogen and oxygen atoms in total. The van der Waals surface area contributed by atoms with E-state index in [2.05, 4.69) is 57.3 Å². The Morgan fingerprint density at radius 1 is 1.00 bits per heavy atom. The lowest BCUT2D eigenvalue weighted by atomic mass is 10.3. The summed E-state index contributed by atoms with van der Waals surface area (Å²) in [5.74, 6) is 6.63. The van der Waals surface area contributed by atoms with Crippen LogP contribution in [0.4, 0.5) is 0 Å². The van der Waals surface area contributed by atoms with Crippen molar-refractivity contribution in [2.24, 2.45) is 0 Å². The predicted octanol–water partition coefficient (Wildman–Crippen LogP) is 3.69. The molecule has 12 heteroatoms. The van der Waals surface area contributed by atoms with Gasteiger partial charge in [0, 0.05) is 19.1 Å². The lowest BCUT2D eigenvalue weighted by molar-refractivity contribution is -0.0585. The fraction of sp³-hybridized carbons (Fsp3) is 0.600. The maximum atomic E-state index is 10.7. The monoisotopic (exact) mass is 537 g/mol. The highest BCUT2D eigenvalue weighted by Gasteiger charge is 2.40. The van der Waals surface area contributed by atoms with Gasteiger partial charge in [0.25, 0.3) is 0 Å². The summed E-state index contributed by atoms with van der Waals surface area (Å²) in [5.41, 5.74) is -0.718. The molecule has 1 fully saturated rings. The third kappa shape index (κ3) is 10.5. The Labute approximate surface area is 210 Å². The molecule has 0 aromatic carbocycles. The van der Waals surface area contributed by atoms with Gasteiger partial charge in [-0.2, -0.15) is 0 Å². The number of thiol groups is 3. The van der Waals surface area contributed by atoms with E-state index in [0.717, 1.165) is 12.1 Å². The minimum absolute atomic E-state index is 0.0517. The van der Waals surface area contributed by atoms with Crippen LogP contribution in [0.1, 0.15) is 6.42 Å². The van der Waals surface area contributed by atoms with E-state index in [1.54, 1.807) is 0 Å². The number of hydrogen-bond donors (Lipinski definition) is 5. The number of nitrogens with zero attached hydrogens (tertiary/aromatic N) is 3. The average Bonchev–Trinajstić information content (AvgIpc) is 2.68. The maximum Gasteiger partial charge on any atom is 0.469 e. The van der Waals surface area contributed by atoms with Gasteiger partial charge in [-0.15, -0.1) is 57.0 Å². The van der Waals surface area contributed by atoms with Gasteiger partial charge in [0.05, 0.1) is 21.2 Å². The first-order chi connectivity index (χ1) is 14.9. The Morgan fingerprint density at radius 3 is 2.16 bits per heavy atom. The van der Waals surface area contributed by atoms with E-state index in [0.29, 0.717) is 26.1 Å². The van der Waals surface area contributed by atoms with E-state index in [1.807, 2.05) is 24.3 Å². The summed E-state index contributed by atoms with van der Waals surface area (Å²) in [6.45, 7) is 13.9. The quantitative estimate of drug-likeness (QED) is 0.0649. The molecule has 32 heavy (non-hydrogen) atoms. The summed E-state index contributed by atoms with van der Waals surface area (Å²) in [7, 11) is -5.81. The molecule has 0 saturated carbocycles. The Bertz CT molecular complexity index is 756. The van der Waals surface area contributed by atoms with E-state index in [4.69, 9.17) is 47.7 Å². The maximum absolute atomic E-state index is 10.7. The number of allylic oxidation sites excluding steroid dienone is 1. The summed E-state index contributed by atoms with van der Waals surface area (Å²) in [6, 6.07) is 1.96. The van der Waals surface area contributed by atoms with Gasteiger partial charge >= 0.3 is 7.82 Å². The fourth-order valence-electron chi connectivity index (χ4n) is 3.08. The van der Waals surface area contributed by atoms with Crippen molar-refractivity contribution < 1.29 is 18.9 Å². The van der Waals surface area contributed by atoms with Crippen molar-refractivity contribution in [3.05, 3.63) is 37.5 Å². The zero-order chi connectivity index (χ0) is 24.4. The van der Waals surface area contributed by atoms with Gasteiger partial charge in [-0.05, 0) is 12.5 Å². The molecular weight excluding hydrogens is 501 g/mol. The Hall–Kier alpha value is 0.0369. The number of rotatable bonds is 12. The van der Waals surface area contributed by atoms with Gasteiger partial charge in [0.15, 0.2) is 0 Å². The first-order valence-electron chi connectivity index (χ1n) is 10.3. The second-order valence-corrected chi connectivity index (χ2v) is 15.9. The topological polar surface area (TPSA) is 76.5 Å². The van der Waals surface area contributed by atoms with E-state index >= 15 is 0 Å². The van der Waals surface area contributed by atoms with E-state index in [9.17, 15) is 4.57 Å². The van der Waals surface area contributed by atoms with Crippen molar-refractivity contribution >= 4 is 53.8 Å². The van der Waals surface area contributed by atoms with E-state index < -0.39 is 15.9 Å². The highest BCUT2D eigenvalue weighted by atomic mass is 32.1. The van der Waals surface area contributed by atoms with Crippen LogP contribution in [-0.2, 0) is 9.09 Å². The van der Waals surface area contributed by atoms with Crippen LogP contribution in [0.5, 0.6) is 0 Å². The van der Waals surface area contributed by atoms with Crippen LogP contribution in [0.3, 0.4) is 0 Å². The van der Waals surface area contributed by atoms with Crippen molar-refractivity contribution in [3.63, 3.8) is 0 Å². The van der Waals surface area contributed by atoms with Gasteiger partial charge < -0.3 is 9.79 Å². The molecule has 0 amide bonds. The van der Waals surface area contributed by atoms with Crippen molar-refractivity contribution in [1.29, 1.82) is 0 Å². The smallest absolute Gasteiger partial charge is 0.303 e. The van der Waals surface area contributed by atoms with Gasteiger partial charge in [-0.1, -0.05) is 43.3 Å². The molecule has 0 bridgehead atoms. The molecule has 0 spiro atoms. The second kappa shape index (κ2) is 14.4. The highest BCUT2D eigenvalue weighted by Crippen LogP contribution is 2.35. The van der Waals surface area contributed by atoms with Crippen LogP contribution in [0.15, 0.2) is 37.5 Å². The van der Waals surface area contributed by atoms with Crippen LogP contribution in [0.2, 0.25) is 25.2 Å². The van der Waals surface area contributed by atoms with Crippen molar-refractivity contribution in [2.75, 3.05) is 26.2 Å². The molecule has 182 valence electrons. The van der Waals surface area contributed by atoms with Crippen molar-refractivity contribution in [3.8, 4) is 11.8 Å². The standard InChI is InChI=1S/C20H36N3O4PS3Si/c1-5-12-21-18(29)22(13-8-7-10-15-27-28(24,25)26)20(31)23(19(21)30)14-9-11-17-32(3,4)16-6-2/h5-8,18-20,29-31H,1-2,10,12-17H2,3-4H3,(H2,24,25,26)/b8-7+. The summed E-state index contributed by atoms with van der Waals surface area (Å²) in [5, 5.41) is 0. The fourth-order valence-corrected chi connectivity index (χ4v) is 6.57. The zero-order valence-electron chi connectivity index (χ0n) is 18.7. The molecule has 0 aliphatic carbocycles. The molecule has 1 aliphatic rings. The van der Waals surface area contributed by atoms with Gasteiger partial charge in [-0.3, -0.25) is 14.3 Å². The number of phosphoric ester groups is 1. The van der Waals surface area contributed by atoms with Crippen LogP contribution >= 0.6 is 45.7 Å². The van der Waals surface area contributed by atoms with Crippen LogP contribution in [0, 0.1) is 11.8 Å². The molecule has 1 saturated heterocycles. The normalized spacial score (nSPS) is 23.8. The summed E-state index contributed by atoms with van der Waals surface area (Å²) in [6.07, 6.45) is 7.91. The van der Waals surface area contributed by atoms with Crippen LogP contribution in [-0.4, -0.2) is 75.3 Å². The van der Waals surface area contributed by atoms with Gasteiger partial charge in [0.2, 0.25) is 0 Å². The van der Waals surface area contributed by atoms with Crippen molar-refractivity contribution in [2.45, 2.75) is 48.1 Å². The molecule has 1 aliphatic heterocycles. The lowest BCUT2D eigenvalue weighted by Crippen LogP contribution is -2.66. The lowest BCUT2D eigenvalue weighted by Gasteiger charge is -2.52. The average molecular weight is 538 g/mol. The Kier molecular flexibility index (Phi) is 13.6. The molecule has 1 rings (SSSR count). The first kappa shape index (κ1) is 30.1. The molecule has 0 aromatic heterocycles.